The van der Waals surface area contributed by atoms with Gasteiger partial charge in [0.05, 0.1) is 10.6 Å². The van der Waals surface area contributed by atoms with Gasteiger partial charge in [-0.15, -0.1) is 21.6 Å². The Morgan fingerprint density at radius 1 is 1.00 bits per heavy atom. The summed E-state index contributed by atoms with van der Waals surface area (Å²) < 4.78 is 0. The molecule has 1 aromatic carbocycles. The van der Waals surface area contributed by atoms with Crippen molar-refractivity contribution in [1.82, 2.24) is 4.98 Å². The van der Waals surface area contributed by atoms with Gasteiger partial charge in [-0.2, -0.15) is 0 Å². The summed E-state index contributed by atoms with van der Waals surface area (Å²) >= 11 is 2.96. The molecule has 94 valence electrons. The van der Waals surface area contributed by atoms with E-state index in [2.05, 4.69) is 15.2 Å². The molecular weight excluding hydrogens is 276 g/mol. The molecule has 2 heterocycles. The molecule has 2 aromatic heterocycles. The van der Waals surface area contributed by atoms with E-state index in [1.54, 1.807) is 11.3 Å². The minimum absolute atomic E-state index is 0.505. The summed E-state index contributed by atoms with van der Waals surface area (Å²) in [6.07, 6.45) is 0. The molecule has 0 aliphatic rings. The van der Waals surface area contributed by atoms with Crippen LogP contribution in [0.5, 0.6) is 0 Å². The molecule has 3 rings (SSSR count). The number of thiophene rings is 1. The Labute approximate surface area is 118 Å². The average molecular weight is 286 g/mol. The molecule has 0 saturated heterocycles. The van der Waals surface area contributed by atoms with Crippen molar-refractivity contribution < 1.29 is 0 Å². The monoisotopic (exact) mass is 286 g/mol. The molecule has 19 heavy (non-hydrogen) atoms. The number of rotatable bonds is 3. The second kappa shape index (κ2) is 5.29. The number of nitrogens with two attached hydrogens (primary N) is 1. The van der Waals surface area contributed by atoms with Gasteiger partial charge >= 0.3 is 0 Å². The van der Waals surface area contributed by atoms with Gasteiger partial charge in [0.25, 0.3) is 0 Å². The summed E-state index contributed by atoms with van der Waals surface area (Å²) in [5.74, 6) is 0. The summed E-state index contributed by atoms with van der Waals surface area (Å²) in [5.41, 5.74) is 7.38. The molecule has 0 amide bonds. The first-order valence-electron chi connectivity index (χ1n) is 5.60. The molecule has 0 radical (unpaired) electrons. The van der Waals surface area contributed by atoms with Crippen molar-refractivity contribution in [2.24, 2.45) is 10.2 Å². The van der Waals surface area contributed by atoms with E-state index >= 15 is 0 Å². The lowest BCUT2D eigenvalue weighted by Crippen LogP contribution is -1.80. The van der Waals surface area contributed by atoms with Crippen molar-refractivity contribution >= 4 is 38.5 Å². The summed E-state index contributed by atoms with van der Waals surface area (Å²) in [5, 5.41) is 11.7. The topological polar surface area (TPSA) is 63.6 Å². The Bertz CT molecular complexity index is 687. The molecule has 3 aromatic rings. The smallest absolute Gasteiger partial charge is 0.182 e. The van der Waals surface area contributed by atoms with E-state index in [1.807, 2.05) is 47.8 Å². The SMILES string of the molecule is Nc1nc(-c2cccs2)c(N=Nc2ccccc2)s1. The van der Waals surface area contributed by atoms with Crippen molar-refractivity contribution in [3.05, 3.63) is 47.8 Å². The summed E-state index contributed by atoms with van der Waals surface area (Å²) in [6, 6.07) is 13.6. The van der Waals surface area contributed by atoms with Crippen LogP contribution in [0.4, 0.5) is 15.8 Å². The largest absolute Gasteiger partial charge is 0.375 e. The highest BCUT2D eigenvalue weighted by Crippen LogP contribution is 2.39. The van der Waals surface area contributed by atoms with Crippen LogP contribution in [0.3, 0.4) is 0 Å². The van der Waals surface area contributed by atoms with E-state index in [1.165, 1.54) is 11.3 Å². The van der Waals surface area contributed by atoms with Crippen LogP contribution >= 0.6 is 22.7 Å². The average Bonchev–Trinajstić information content (AvgIpc) is 3.06. The summed E-state index contributed by atoms with van der Waals surface area (Å²) in [4.78, 5) is 5.37. The van der Waals surface area contributed by atoms with Crippen LogP contribution in [0.2, 0.25) is 0 Å². The highest BCUT2D eigenvalue weighted by atomic mass is 32.1. The van der Waals surface area contributed by atoms with E-state index in [4.69, 9.17) is 5.73 Å². The molecule has 4 nitrogen and oxygen atoms in total. The van der Waals surface area contributed by atoms with Crippen molar-refractivity contribution in [3.8, 4) is 10.6 Å². The Morgan fingerprint density at radius 3 is 2.58 bits per heavy atom. The maximum atomic E-state index is 5.76. The number of hydrogen-bond acceptors (Lipinski definition) is 6. The Balaban J connectivity index is 1.96. The third-order valence-corrected chi connectivity index (χ3v) is 4.04. The highest BCUT2D eigenvalue weighted by molar-refractivity contribution is 7.20. The molecule has 0 aliphatic heterocycles. The molecule has 0 spiro atoms. The second-order valence-electron chi connectivity index (χ2n) is 3.72. The standard InChI is InChI=1S/C13H10N4S2/c14-13-15-11(10-7-4-8-18-10)12(19-13)17-16-9-5-2-1-3-6-9/h1-8H,(H2,14,15). The zero-order chi connectivity index (χ0) is 13.1. The molecule has 0 fully saturated rings. The van der Waals surface area contributed by atoms with E-state index < -0.39 is 0 Å². The zero-order valence-electron chi connectivity index (χ0n) is 9.85. The lowest BCUT2D eigenvalue weighted by atomic mass is 10.3. The minimum atomic E-state index is 0.505. The number of thiazole rings is 1. The van der Waals surface area contributed by atoms with E-state index in [-0.39, 0.29) is 0 Å². The van der Waals surface area contributed by atoms with Crippen LogP contribution in [0, 0.1) is 0 Å². The molecule has 0 unspecified atom stereocenters. The first kappa shape index (κ1) is 12.0. The van der Waals surface area contributed by atoms with Gasteiger partial charge in [0.15, 0.2) is 10.1 Å². The minimum Gasteiger partial charge on any atom is -0.375 e. The maximum absolute atomic E-state index is 5.76. The molecular formula is C13H10N4S2. The van der Waals surface area contributed by atoms with Crippen LogP contribution in [-0.4, -0.2) is 4.98 Å². The fraction of sp³-hybridized carbons (Fsp3) is 0. The first-order chi connectivity index (χ1) is 9.33. The van der Waals surface area contributed by atoms with Gasteiger partial charge in [0.2, 0.25) is 0 Å². The van der Waals surface area contributed by atoms with Crippen LogP contribution in [0.25, 0.3) is 10.6 Å². The normalized spacial score (nSPS) is 11.2. The van der Waals surface area contributed by atoms with Gasteiger partial charge in [-0.3, -0.25) is 0 Å². The molecule has 0 saturated carbocycles. The van der Waals surface area contributed by atoms with E-state index in [0.717, 1.165) is 21.3 Å². The predicted octanol–water partition coefficient (Wildman–Crippen LogP) is 4.87. The van der Waals surface area contributed by atoms with Crippen LogP contribution in [0.15, 0.2) is 58.1 Å². The number of nitrogen functional groups attached to an aromatic ring is 1. The number of azo groups is 1. The Hall–Kier alpha value is -2.05. The second-order valence-corrected chi connectivity index (χ2v) is 5.68. The van der Waals surface area contributed by atoms with Crippen molar-refractivity contribution in [2.45, 2.75) is 0 Å². The maximum Gasteiger partial charge on any atom is 0.182 e. The summed E-state index contributed by atoms with van der Waals surface area (Å²) in [6.45, 7) is 0. The summed E-state index contributed by atoms with van der Waals surface area (Å²) in [7, 11) is 0. The third-order valence-electron chi connectivity index (χ3n) is 2.39. The van der Waals surface area contributed by atoms with E-state index in [9.17, 15) is 0 Å². The Morgan fingerprint density at radius 2 is 1.84 bits per heavy atom. The van der Waals surface area contributed by atoms with Crippen molar-refractivity contribution in [1.29, 1.82) is 0 Å². The van der Waals surface area contributed by atoms with Crippen LogP contribution in [0.1, 0.15) is 0 Å². The highest BCUT2D eigenvalue weighted by Gasteiger charge is 2.12. The quantitative estimate of drug-likeness (QED) is 0.698. The number of nitrogens with zero attached hydrogens (tertiary/aromatic N) is 3. The third kappa shape index (κ3) is 2.69. The molecule has 0 bridgehead atoms. The number of aromatic nitrogens is 1. The number of anilines is 1. The van der Waals surface area contributed by atoms with E-state index in [0.29, 0.717) is 5.13 Å². The number of hydrogen-bond donors (Lipinski definition) is 1. The number of benzene rings is 1. The lowest BCUT2D eigenvalue weighted by molar-refractivity contribution is 1.25. The predicted molar refractivity (Wildman–Crippen MR) is 80.5 cm³/mol. The zero-order valence-corrected chi connectivity index (χ0v) is 11.5. The van der Waals surface area contributed by atoms with Crippen molar-refractivity contribution in [3.63, 3.8) is 0 Å². The first-order valence-corrected chi connectivity index (χ1v) is 7.29. The molecule has 6 heteroatoms. The van der Waals surface area contributed by atoms with Crippen LogP contribution in [-0.2, 0) is 0 Å². The van der Waals surface area contributed by atoms with Gasteiger partial charge in [-0.1, -0.05) is 35.6 Å². The fourth-order valence-electron chi connectivity index (χ4n) is 1.57. The van der Waals surface area contributed by atoms with Gasteiger partial charge in [-0.05, 0) is 23.6 Å². The Kier molecular flexibility index (Phi) is 3.35. The van der Waals surface area contributed by atoms with Crippen LogP contribution < -0.4 is 5.73 Å². The molecule has 0 atom stereocenters. The van der Waals surface area contributed by atoms with Gasteiger partial charge < -0.3 is 5.73 Å². The molecule has 2 N–H and O–H groups in total. The van der Waals surface area contributed by atoms with Gasteiger partial charge in [-0.25, -0.2) is 4.98 Å². The molecule has 0 aliphatic carbocycles. The lowest BCUT2D eigenvalue weighted by Gasteiger charge is -1.92. The van der Waals surface area contributed by atoms with Gasteiger partial charge in [0, 0.05) is 0 Å². The van der Waals surface area contributed by atoms with Gasteiger partial charge in [0.1, 0.15) is 5.69 Å². The van der Waals surface area contributed by atoms with Crippen molar-refractivity contribution in [2.75, 3.05) is 5.73 Å². The fourth-order valence-corrected chi connectivity index (χ4v) is 3.02.